The smallest absolute Gasteiger partial charge is 0.362 e. The van der Waals surface area contributed by atoms with Gasteiger partial charge in [-0.05, 0) is 0 Å². The minimum Gasteiger partial charge on any atom is -0.362 e. The maximum Gasteiger partial charge on any atom is 0.446 e. The summed E-state index contributed by atoms with van der Waals surface area (Å²) in [4.78, 5) is 0. The third-order valence-electron chi connectivity index (χ3n) is 1.69. The first-order valence-electron chi connectivity index (χ1n) is 4.19. The Balaban J connectivity index is 3.13. The molecule has 0 aliphatic carbocycles. The molecule has 18 heavy (non-hydrogen) atoms. The molecule has 1 aromatic carbocycles. The number of rotatable bonds is 3. The number of alkyl halides is 3. The summed E-state index contributed by atoms with van der Waals surface area (Å²) < 4.78 is 94.6. The van der Waals surface area contributed by atoms with Crippen LogP contribution >= 0.6 is 0 Å². The van der Waals surface area contributed by atoms with Gasteiger partial charge in [-0.15, -0.1) is 0 Å². The minimum atomic E-state index is -5.01. The highest BCUT2D eigenvalue weighted by molar-refractivity contribution is 7.81. The van der Waals surface area contributed by atoms with Crippen LogP contribution in [0.15, 0.2) is 12.1 Å². The molecule has 0 saturated heterocycles. The van der Waals surface area contributed by atoms with Crippen LogP contribution in [-0.2, 0) is 16.8 Å². The van der Waals surface area contributed by atoms with Crippen molar-refractivity contribution in [3.8, 4) is 5.75 Å². The molecule has 1 rings (SSSR count). The highest BCUT2D eigenvalue weighted by atomic mass is 32.3. The van der Waals surface area contributed by atoms with E-state index in [4.69, 9.17) is 4.55 Å². The molecule has 0 aliphatic heterocycles. The Morgan fingerprint density at radius 2 is 1.61 bits per heavy atom. The van der Waals surface area contributed by atoms with Crippen LogP contribution in [0.4, 0.5) is 22.0 Å². The first-order valence-corrected chi connectivity index (χ1v) is 5.56. The van der Waals surface area contributed by atoms with Gasteiger partial charge in [0.25, 0.3) is 0 Å². The van der Waals surface area contributed by atoms with Crippen molar-refractivity contribution in [2.24, 2.45) is 0 Å². The van der Waals surface area contributed by atoms with Gasteiger partial charge in [-0.1, -0.05) is 0 Å². The van der Waals surface area contributed by atoms with E-state index in [-0.39, 0.29) is 12.1 Å². The molecule has 10 heteroatoms. The van der Waals surface area contributed by atoms with Gasteiger partial charge in [0.15, 0.2) is 5.75 Å². The van der Waals surface area contributed by atoms with E-state index in [1.165, 1.54) is 0 Å². The van der Waals surface area contributed by atoms with Crippen LogP contribution in [0.2, 0.25) is 0 Å². The highest BCUT2D eigenvalue weighted by Crippen LogP contribution is 2.28. The molecule has 0 amide bonds. The number of benzene rings is 1. The van der Waals surface area contributed by atoms with E-state index in [0.717, 1.165) is 0 Å². The van der Waals surface area contributed by atoms with Gasteiger partial charge in [0, 0.05) is 17.7 Å². The van der Waals surface area contributed by atoms with Crippen LogP contribution in [0.25, 0.3) is 0 Å². The zero-order chi connectivity index (χ0) is 14.1. The largest absolute Gasteiger partial charge is 0.446 e. The zero-order valence-corrected chi connectivity index (χ0v) is 9.15. The molecule has 0 unspecified atom stereocenters. The molecule has 102 valence electrons. The van der Waals surface area contributed by atoms with Gasteiger partial charge in [0.2, 0.25) is 0 Å². The highest BCUT2D eigenvalue weighted by Gasteiger charge is 2.31. The van der Waals surface area contributed by atoms with Crippen LogP contribution < -0.4 is 4.18 Å². The maximum absolute atomic E-state index is 13.1. The summed E-state index contributed by atoms with van der Waals surface area (Å²) in [5, 5.41) is 0. The standard InChI is InChI=1S/C8H5F5O4S/c9-6-1-4(17-18(14,15)16)2-7(10)5(6)3-8(11,12)13/h1-2H,3H2,(H,14,15,16). The monoisotopic (exact) mass is 292 g/mol. The van der Waals surface area contributed by atoms with Gasteiger partial charge < -0.3 is 4.18 Å². The average Bonchev–Trinajstić information content (AvgIpc) is 2.07. The molecule has 0 aliphatic rings. The first kappa shape index (κ1) is 14.6. The van der Waals surface area contributed by atoms with Gasteiger partial charge in [-0.2, -0.15) is 21.6 Å². The third kappa shape index (κ3) is 4.45. The fourth-order valence-corrected chi connectivity index (χ4v) is 1.46. The Bertz CT molecular complexity index is 528. The van der Waals surface area contributed by atoms with E-state index < -0.39 is 45.9 Å². The summed E-state index contributed by atoms with van der Waals surface area (Å²) in [6, 6.07) is 0.440. The van der Waals surface area contributed by atoms with E-state index in [1.807, 2.05) is 0 Å². The van der Waals surface area contributed by atoms with Crippen LogP contribution in [0.1, 0.15) is 5.56 Å². The second-order valence-electron chi connectivity index (χ2n) is 3.17. The molecule has 0 bridgehead atoms. The normalized spacial score (nSPS) is 12.6. The molecule has 0 heterocycles. The molecule has 0 spiro atoms. The molecule has 4 nitrogen and oxygen atoms in total. The van der Waals surface area contributed by atoms with E-state index in [2.05, 4.69) is 4.18 Å². The SMILES string of the molecule is O=S(=O)(O)Oc1cc(F)c(CC(F)(F)F)c(F)c1. The Hall–Kier alpha value is -1.42. The van der Waals surface area contributed by atoms with Crippen molar-refractivity contribution in [1.29, 1.82) is 0 Å². The summed E-state index contributed by atoms with van der Waals surface area (Å²) in [6.45, 7) is 0. The molecule has 0 radical (unpaired) electrons. The molecular formula is C8H5F5O4S. The predicted octanol–water partition coefficient (Wildman–Crippen LogP) is 2.25. The zero-order valence-electron chi connectivity index (χ0n) is 8.33. The molecular weight excluding hydrogens is 287 g/mol. The fourth-order valence-electron chi connectivity index (χ4n) is 1.12. The van der Waals surface area contributed by atoms with E-state index >= 15 is 0 Å². The van der Waals surface area contributed by atoms with E-state index in [1.54, 1.807) is 0 Å². The second-order valence-corrected chi connectivity index (χ2v) is 4.19. The Morgan fingerprint density at radius 3 is 1.94 bits per heavy atom. The molecule has 0 fully saturated rings. The Labute approximate surface area is 97.9 Å². The summed E-state index contributed by atoms with van der Waals surface area (Å²) >= 11 is 0. The van der Waals surface area contributed by atoms with Crippen molar-refractivity contribution in [2.75, 3.05) is 0 Å². The number of hydrogen-bond donors (Lipinski definition) is 1. The Morgan fingerprint density at radius 1 is 1.17 bits per heavy atom. The van der Waals surface area contributed by atoms with Crippen molar-refractivity contribution >= 4 is 10.4 Å². The molecule has 0 aromatic heterocycles. The van der Waals surface area contributed by atoms with Crippen molar-refractivity contribution in [1.82, 2.24) is 0 Å². The number of halogens is 5. The molecule has 1 aromatic rings. The quantitative estimate of drug-likeness (QED) is 0.685. The van der Waals surface area contributed by atoms with Gasteiger partial charge in [-0.25, -0.2) is 8.78 Å². The van der Waals surface area contributed by atoms with Crippen molar-refractivity contribution < 1.29 is 39.1 Å². The molecule has 0 atom stereocenters. The van der Waals surface area contributed by atoms with E-state index in [0.29, 0.717) is 0 Å². The third-order valence-corrected chi connectivity index (χ3v) is 2.10. The lowest BCUT2D eigenvalue weighted by molar-refractivity contribution is -0.128. The van der Waals surface area contributed by atoms with Gasteiger partial charge in [0.05, 0.1) is 6.42 Å². The lowest BCUT2D eigenvalue weighted by Gasteiger charge is -2.10. The molecule has 0 saturated carbocycles. The average molecular weight is 292 g/mol. The predicted molar refractivity (Wildman–Crippen MR) is 48.3 cm³/mol. The maximum atomic E-state index is 13.1. The van der Waals surface area contributed by atoms with Crippen LogP contribution in [0.5, 0.6) is 5.75 Å². The van der Waals surface area contributed by atoms with Gasteiger partial charge in [-0.3, -0.25) is 4.55 Å². The fraction of sp³-hybridized carbons (Fsp3) is 0.250. The van der Waals surface area contributed by atoms with Crippen molar-refractivity contribution in [3.05, 3.63) is 29.3 Å². The first-order chi connectivity index (χ1) is 7.98. The summed E-state index contributed by atoms with van der Waals surface area (Å²) in [7, 11) is -5.01. The summed E-state index contributed by atoms with van der Waals surface area (Å²) in [5.41, 5.74) is -1.27. The van der Waals surface area contributed by atoms with Crippen LogP contribution in [0, 0.1) is 11.6 Å². The summed E-state index contributed by atoms with van der Waals surface area (Å²) in [5.74, 6) is -4.24. The lowest BCUT2D eigenvalue weighted by Crippen LogP contribution is -2.15. The van der Waals surface area contributed by atoms with Gasteiger partial charge in [0.1, 0.15) is 11.6 Å². The molecule has 1 N–H and O–H groups in total. The van der Waals surface area contributed by atoms with Gasteiger partial charge >= 0.3 is 16.6 Å². The topological polar surface area (TPSA) is 63.6 Å². The van der Waals surface area contributed by atoms with Crippen LogP contribution in [-0.4, -0.2) is 19.1 Å². The van der Waals surface area contributed by atoms with Crippen molar-refractivity contribution in [3.63, 3.8) is 0 Å². The minimum absolute atomic E-state index is 0.220. The summed E-state index contributed by atoms with van der Waals surface area (Å²) in [6.07, 6.45) is -6.68. The lowest BCUT2D eigenvalue weighted by atomic mass is 10.1. The van der Waals surface area contributed by atoms with Crippen LogP contribution in [0.3, 0.4) is 0 Å². The Kier molecular flexibility index (Phi) is 3.81. The van der Waals surface area contributed by atoms with Crippen molar-refractivity contribution in [2.45, 2.75) is 12.6 Å². The number of hydrogen-bond acceptors (Lipinski definition) is 3. The van der Waals surface area contributed by atoms with E-state index in [9.17, 15) is 30.4 Å². The second kappa shape index (κ2) is 4.69.